The maximum atomic E-state index is 13.0. The maximum Gasteiger partial charge on any atom is 0.233 e. The summed E-state index contributed by atoms with van der Waals surface area (Å²) in [5, 5.41) is 15.3. The van der Waals surface area contributed by atoms with Crippen molar-refractivity contribution in [2.75, 3.05) is 5.32 Å². The highest BCUT2D eigenvalue weighted by Crippen LogP contribution is 2.51. The van der Waals surface area contributed by atoms with E-state index in [4.69, 9.17) is 0 Å². The number of benzene rings is 1. The lowest BCUT2D eigenvalue weighted by Crippen LogP contribution is -2.37. The van der Waals surface area contributed by atoms with Gasteiger partial charge in [0.15, 0.2) is 5.13 Å². The van der Waals surface area contributed by atoms with E-state index in [9.17, 15) is 9.90 Å². The molecule has 2 aromatic rings. The van der Waals surface area contributed by atoms with Crippen molar-refractivity contribution in [1.29, 1.82) is 0 Å². The number of amides is 1. The van der Waals surface area contributed by atoms with Crippen molar-refractivity contribution in [2.24, 2.45) is 11.3 Å². The van der Waals surface area contributed by atoms with Gasteiger partial charge in [0.05, 0.1) is 5.41 Å². The molecule has 0 spiro atoms. The number of phenolic OH excluding ortho intramolecular Hbond substituents is 1. The molecule has 2 atom stereocenters. The average Bonchev–Trinajstić information content (AvgIpc) is 3.07. The van der Waals surface area contributed by atoms with Gasteiger partial charge in [-0.2, -0.15) is 0 Å². The van der Waals surface area contributed by atoms with Gasteiger partial charge in [0.25, 0.3) is 0 Å². The Labute approximate surface area is 140 Å². The topological polar surface area (TPSA) is 62.2 Å². The minimum absolute atomic E-state index is 0.00814. The average molecular weight is 330 g/mol. The second-order valence-electron chi connectivity index (χ2n) is 6.95. The van der Waals surface area contributed by atoms with E-state index in [0.717, 1.165) is 17.5 Å². The van der Waals surface area contributed by atoms with Gasteiger partial charge in [0.1, 0.15) is 5.75 Å². The number of hydrogen-bond donors (Lipinski definition) is 2. The number of nitrogens with one attached hydrogen (secondary N) is 1. The molecule has 1 aliphatic carbocycles. The number of hydrogen-bond acceptors (Lipinski definition) is 4. The van der Waals surface area contributed by atoms with E-state index < -0.39 is 5.41 Å². The minimum Gasteiger partial charge on any atom is -0.508 e. The molecule has 0 saturated carbocycles. The molecular weight excluding hydrogens is 308 g/mol. The van der Waals surface area contributed by atoms with E-state index in [2.05, 4.69) is 24.1 Å². The molecule has 2 N–H and O–H groups in total. The highest BCUT2D eigenvalue weighted by Gasteiger charge is 2.48. The van der Waals surface area contributed by atoms with Gasteiger partial charge >= 0.3 is 0 Å². The second-order valence-corrected chi connectivity index (χ2v) is 7.85. The van der Waals surface area contributed by atoms with Crippen LogP contribution in [-0.2, 0) is 11.2 Å². The highest BCUT2D eigenvalue weighted by atomic mass is 32.1. The normalized spacial score (nSPS) is 23.0. The molecule has 1 aliphatic rings. The molecule has 1 amide bonds. The van der Waals surface area contributed by atoms with Crippen LogP contribution in [0.4, 0.5) is 5.13 Å². The van der Waals surface area contributed by atoms with E-state index in [1.54, 1.807) is 12.3 Å². The van der Waals surface area contributed by atoms with Crippen molar-refractivity contribution < 1.29 is 9.90 Å². The van der Waals surface area contributed by atoms with Gasteiger partial charge in [-0.3, -0.25) is 4.79 Å². The molecular formula is C18H22N2O2S. The third-order valence-electron chi connectivity index (χ3n) is 4.71. The van der Waals surface area contributed by atoms with Crippen LogP contribution in [0.2, 0.25) is 0 Å². The molecule has 1 aromatic heterocycles. The van der Waals surface area contributed by atoms with E-state index in [-0.39, 0.29) is 17.6 Å². The Morgan fingerprint density at radius 2 is 2.30 bits per heavy atom. The maximum absolute atomic E-state index is 13.0. The van der Waals surface area contributed by atoms with Gasteiger partial charge in [0.2, 0.25) is 5.91 Å². The molecule has 0 aliphatic heterocycles. The molecule has 5 heteroatoms. The fourth-order valence-corrected chi connectivity index (χ4v) is 4.08. The largest absolute Gasteiger partial charge is 0.508 e. The van der Waals surface area contributed by atoms with E-state index in [1.165, 1.54) is 11.3 Å². The Bertz CT molecular complexity index is 712. The summed E-state index contributed by atoms with van der Waals surface area (Å²) in [7, 11) is 0. The Hall–Kier alpha value is -1.88. The number of aromatic hydroxyl groups is 1. The molecule has 0 radical (unpaired) electrons. The Balaban J connectivity index is 1.95. The third-order valence-corrected chi connectivity index (χ3v) is 5.40. The zero-order chi connectivity index (χ0) is 16.6. The number of anilines is 1. The summed E-state index contributed by atoms with van der Waals surface area (Å²) < 4.78 is 0. The number of thiazole rings is 1. The number of aromatic nitrogens is 1. The Morgan fingerprint density at radius 1 is 1.52 bits per heavy atom. The van der Waals surface area contributed by atoms with Gasteiger partial charge in [-0.05, 0) is 54.9 Å². The summed E-state index contributed by atoms with van der Waals surface area (Å²) in [6.07, 6.45) is 3.30. The molecule has 0 bridgehead atoms. The lowest BCUT2D eigenvalue weighted by atomic mass is 9.73. The number of phenols is 1. The van der Waals surface area contributed by atoms with Crippen molar-refractivity contribution in [2.45, 2.75) is 39.5 Å². The van der Waals surface area contributed by atoms with E-state index >= 15 is 0 Å². The summed E-state index contributed by atoms with van der Waals surface area (Å²) in [5.41, 5.74) is 1.74. The van der Waals surface area contributed by atoms with Crippen LogP contribution in [-0.4, -0.2) is 16.0 Å². The van der Waals surface area contributed by atoms with Crippen LogP contribution in [0.1, 0.15) is 44.2 Å². The second kappa shape index (κ2) is 5.96. The number of carbonyl (C=O) groups is 1. The zero-order valence-corrected chi connectivity index (χ0v) is 14.5. The van der Waals surface area contributed by atoms with Crippen LogP contribution in [0.5, 0.6) is 5.75 Å². The lowest BCUT2D eigenvalue weighted by molar-refractivity contribution is -0.125. The third kappa shape index (κ3) is 2.98. The number of rotatable bonds is 4. The predicted molar refractivity (Wildman–Crippen MR) is 92.9 cm³/mol. The summed E-state index contributed by atoms with van der Waals surface area (Å²) in [4.78, 5) is 17.1. The summed E-state index contributed by atoms with van der Waals surface area (Å²) >= 11 is 1.43. The molecule has 3 rings (SSSR count). The van der Waals surface area contributed by atoms with Crippen LogP contribution in [0, 0.1) is 11.3 Å². The molecule has 0 fully saturated rings. The van der Waals surface area contributed by atoms with Crippen molar-refractivity contribution in [1.82, 2.24) is 4.98 Å². The van der Waals surface area contributed by atoms with Crippen LogP contribution in [0.15, 0.2) is 29.8 Å². The first-order valence-corrected chi connectivity index (χ1v) is 8.81. The molecule has 23 heavy (non-hydrogen) atoms. The smallest absolute Gasteiger partial charge is 0.233 e. The molecule has 1 heterocycles. The Morgan fingerprint density at radius 3 is 2.96 bits per heavy atom. The monoisotopic (exact) mass is 330 g/mol. The number of fused-ring (bicyclic) bond motifs is 1. The van der Waals surface area contributed by atoms with Crippen LogP contribution >= 0.6 is 11.3 Å². The SMILES string of the molecule is CC(C)C[C@H]1c2cc(O)ccc2C[C@]1(C)C(=O)Nc1nccs1. The standard InChI is InChI=1S/C18H22N2O2S/c1-11(2)8-15-14-9-13(21)5-4-12(14)10-18(15,3)16(22)20-17-19-6-7-23-17/h4-7,9,11,15,21H,8,10H2,1-3H3,(H,19,20,22)/t15-,18-/m0/s1. The molecule has 122 valence electrons. The molecule has 1 aromatic carbocycles. The van der Waals surface area contributed by atoms with Crippen molar-refractivity contribution in [3.63, 3.8) is 0 Å². The van der Waals surface area contributed by atoms with Crippen LogP contribution in [0.25, 0.3) is 0 Å². The van der Waals surface area contributed by atoms with Gasteiger partial charge in [0, 0.05) is 11.6 Å². The summed E-state index contributed by atoms with van der Waals surface area (Å²) in [6, 6.07) is 5.47. The van der Waals surface area contributed by atoms with Gasteiger partial charge in [-0.1, -0.05) is 19.9 Å². The number of carbonyl (C=O) groups excluding carboxylic acids is 1. The van der Waals surface area contributed by atoms with Crippen molar-refractivity contribution >= 4 is 22.4 Å². The molecule has 0 unspecified atom stereocenters. The highest BCUT2D eigenvalue weighted by molar-refractivity contribution is 7.13. The van der Waals surface area contributed by atoms with Crippen LogP contribution < -0.4 is 5.32 Å². The molecule has 4 nitrogen and oxygen atoms in total. The van der Waals surface area contributed by atoms with Gasteiger partial charge < -0.3 is 10.4 Å². The lowest BCUT2D eigenvalue weighted by Gasteiger charge is -2.31. The first-order chi connectivity index (χ1) is 10.9. The fourth-order valence-electron chi connectivity index (χ4n) is 3.55. The fraction of sp³-hybridized carbons (Fsp3) is 0.444. The van der Waals surface area contributed by atoms with Gasteiger partial charge in [-0.25, -0.2) is 4.98 Å². The molecule has 0 saturated heterocycles. The van der Waals surface area contributed by atoms with Crippen molar-refractivity contribution in [3.8, 4) is 5.75 Å². The van der Waals surface area contributed by atoms with E-state index in [1.807, 2.05) is 24.4 Å². The number of nitrogens with zero attached hydrogens (tertiary/aromatic N) is 1. The minimum atomic E-state index is -0.522. The Kier molecular flexibility index (Phi) is 4.15. The predicted octanol–water partition coefficient (Wildman–Crippen LogP) is 4.18. The van der Waals surface area contributed by atoms with Gasteiger partial charge in [-0.15, -0.1) is 11.3 Å². The summed E-state index contributed by atoms with van der Waals surface area (Å²) in [6.45, 7) is 6.36. The van der Waals surface area contributed by atoms with Crippen molar-refractivity contribution in [3.05, 3.63) is 40.9 Å². The quantitative estimate of drug-likeness (QED) is 0.884. The first-order valence-electron chi connectivity index (χ1n) is 7.93. The summed E-state index contributed by atoms with van der Waals surface area (Å²) in [5.74, 6) is 0.848. The first kappa shape index (κ1) is 16.0. The van der Waals surface area contributed by atoms with E-state index in [0.29, 0.717) is 17.5 Å². The van der Waals surface area contributed by atoms with Crippen LogP contribution in [0.3, 0.4) is 0 Å². The zero-order valence-electron chi connectivity index (χ0n) is 13.7.